The maximum absolute atomic E-state index is 15.5. The molecular weight excluding hydrogens is 836 g/mol. The molecule has 2 atom stereocenters. The molecule has 3 aromatic carbocycles. The van der Waals surface area contributed by atoms with E-state index in [4.69, 9.17) is 26.5 Å². The standard InChI is InChI=1S/C40H36ClF6N9O3S/c1-17-10-25-33(36(44)45)52-55(35(25)40(17,46)47)16-30(57)50-28(13-20-11-22(42)15-23(43)12-20)38-51-27-14-21(31-18(2)53-59-19(31)3)6-7-24(27)39(58)56(38)29-9-8-26(41)32(34(29)49-4)37(48)54-60-5/h6-9,11-12,14-15,17,28,36,49H,10,13,16H2,1-5H3,(H2,48,54)(H,50,57). The van der Waals surface area contributed by atoms with Crippen LogP contribution in [0.3, 0.4) is 0 Å². The highest BCUT2D eigenvalue weighted by Crippen LogP contribution is 2.48. The molecule has 314 valence electrons. The Morgan fingerprint density at radius 3 is 2.47 bits per heavy atom. The highest BCUT2D eigenvalue weighted by atomic mass is 35.5. The Morgan fingerprint density at radius 2 is 1.83 bits per heavy atom. The zero-order valence-corrected chi connectivity index (χ0v) is 34.1. The van der Waals surface area contributed by atoms with E-state index >= 15 is 8.78 Å². The number of hydrogen-bond acceptors (Lipinski definition) is 9. The van der Waals surface area contributed by atoms with E-state index in [1.165, 1.54) is 32.2 Å². The van der Waals surface area contributed by atoms with Crippen LogP contribution in [0.5, 0.6) is 0 Å². The molecule has 0 radical (unpaired) electrons. The van der Waals surface area contributed by atoms with E-state index in [9.17, 15) is 27.2 Å². The molecule has 0 spiro atoms. The van der Waals surface area contributed by atoms with E-state index in [-0.39, 0.29) is 62.1 Å². The van der Waals surface area contributed by atoms with Crippen molar-refractivity contribution in [1.82, 2.24) is 34.5 Å². The average Bonchev–Trinajstić information content (AvgIpc) is 3.79. The van der Waals surface area contributed by atoms with Gasteiger partial charge in [-0.2, -0.15) is 13.9 Å². The van der Waals surface area contributed by atoms with Gasteiger partial charge in [-0.25, -0.2) is 22.5 Å². The van der Waals surface area contributed by atoms with Crippen LogP contribution in [0.25, 0.3) is 27.7 Å². The first-order valence-electron chi connectivity index (χ1n) is 18.3. The summed E-state index contributed by atoms with van der Waals surface area (Å²) in [5, 5.41) is 22.4. The van der Waals surface area contributed by atoms with Gasteiger partial charge < -0.3 is 19.9 Å². The number of fused-ring (bicyclic) bond motifs is 2. The molecule has 0 saturated carbocycles. The van der Waals surface area contributed by atoms with Crippen LogP contribution < -0.4 is 20.9 Å². The quantitative estimate of drug-likeness (QED) is 0.0411. The van der Waals surface area contributed by atoms with Crippen LogP contribution in [0.1, 0.15) is 64.7 Å². The third-order valence-corrected chi connectivity index (χ3v) is 11.1. The lowest BCUT2D eigenvalue weighted by atomic mass is 10.0. The van der Waals surface area contributed by atoms with Gasteiger partial charge in [0.2, 0.25) is 5.91 Å². The van der Waals surface area contributed by atoms with Crippen LogP contribution in [-0.2, 0) is 30.1 Å². The molecule has 60 heavy (non-hydrogen) atoms. The third kappa shape index (κ3) is 7.59. The molecule has 0 bridgehead atoms. The molecule has 1 aliphatic rings. The highest BCUT2D eigenvalue weighted by Gasteiger charge is 2.51. The van der Waals surface area contributed by atoms with E-state index in [1.54, 1.807) is 32.2 Å². The second-order valence-corrected chi connectivity index (χ2v) is 15.3. The topological polar surface area (TPSA) is 156 Å². The number of amides is 1. The van der Waals surface area contributed by atoms with Crippen molar-refractivity contribution in [2.75, 3.05) is 18.6 Å². The molecule has 2 unspecified atom stereocenters. The molecule has 0 aliphatic heterocycles. The SMILES string of the molecule is CNc1c(-n2c(C(Cc3cc(F)cc(F)c3)NC(=O)Cn3nc(C(F)F)c4c3C(F)(F)C(C)C4)nc3cc(-c4c(C)noc4C)ccc3c2=O)ccc(Cl)c1C(=N)NSC. The molecule has 6 aromatic rings. The fourth-order valence-electron chi connectivity index (χ4n) is 7.72. The number of nitrogens with zero attached hydrogens (tertiary/aromatic N) is 5. The first-order valence-corrected chi connectivity index (χ1v) is 19.9. The lowest BCUT2D eigenvalue weighted by molar-refractivity contribution is -0.123. The number of rotatable bonds is 12. The van der Waals surface area contributed by atoms with Crippen LogP contribution in [0.2, 0.25) is 5.02 Å². The van der Waals surface area contributed by atoms with Crippen LogP contribution >= 0.6 is 23.5 Å². The van der Waals surface area contributed by atoms with Crippen molar-refractivity contribution in [3.8, 4) is 16.8 Å². The van der Waals surface area contributed by atoms with Crippen molar-refractivity contribution in [3.63, 3.8) is 0 Å². The Bertz CT molecular complexity index is 2720. The van der Waals surface area contributed by atoms with E-state index in [0.717, 1.165) is 28.6 Å². The molecule has 12 nitrogen and oxygen atoms in total. The summed E-state index contributed by atoms with van der Waals surface area (Å²) in [6.07, 6.45) is -2.33. The molecule has 3 heterocycles. The van der Waals surface area contributed by atoms with Crippen molar-refractivity contribution in [2.24, 2.45) is 5.92 Å². The van der Waals surface area contributed by atoms with Gasteiger partial charge in [0.05, 0.1) is 44.6 Å². The summed E-state index contributed by atoms with van der Waals surface area (Å²) in [6.45, 7) is 3.67. The van der Waals surface area contributed by atoms with Crippen molar-refractivity contribution >= 4 is 51.9 Å². The summed E-state index contributed by atoms with van der Waals surface area (Å²) in [7, 11) is 1.53. The molecule has 0 fully saturated rings. The number of carbonyl (C=O) groups excluding carboxylic acids is 1. The Morgan fingerprint density at radius 1 is 1.12 bits per heavy atom. The van der Waals surface area contributed by atoms with Gasteiger partial charge in [-0.1, -0.05) is 41.7 Å². The highest BCUT2D eigenvalue weighted by molar-refractivity contribution is 7.97. The van der Waals surface area contributed by atoms with E-state index in [0.29, 0.717) is 33.3 Å². The summed E-state index contributed by atoms with van der Waals surface area (Å²) < 4.78 is 98.3. The second kappa shape index (κ2) is 16.3. The number of alkyl halides is 4. The van der Waals surface area contributed by atoms with Gasteiger partial charge >= 0.3 is 0 Å². The normalized spacial score (nSPS) is 15.1. The monoisotopic (exact) mass is 871 g/mol. The number of carbonyl (C=O) groups is 1. The maximum atomic E-state index is 15.5. The lowest BCUT2D eigenvalue weighted by Gasteiger charge is -2.25. The van der Waals surface area contributed by atoms with Crippen LogP contribution in [-0.4, -0.2) is 49.5 Å². The third-order valence-electron chi connectivity index (χ3n) is 10.3. The molecule has 3 aromatic heterocycles. The smallest absolute Gasteiger partial charge is 0.292 e. The Labute approximate surface area is 347 Å². The summed E-state index contributed by atoms with van der Waals surface area (Å²) in [6, 6.07) is 8.92. The number of halogens is 7. The summed E-state index contributed by atoms with van der Waals surface area (Å²) in [5.74, 6) is -7.73. The summed E-state index contributed by atoms with van der Waals surface area (Å²) >= 11 is 7.73. The van der Waals surface area contributed by atoms with E-state index < -0.39 is 71.8 Å². The number of benzene rings is 3. The molecule has 20 heteroatoms. The van der Waals surface area contributed by atoms with Crippen LogP contribution in [0.4, 0.5) is 32.0 Å². The fraction of sp³-hybridized carbons (Fsp3) is 0.300. The zero-order chi connectivity index (χ0) is 43.4. The molecule has 1 aliphatic carbocycles. The van der Waals surface area contributed by atoms with Gasteiger partial charge in [0.1, 0.15) is 47.0 Å². The van der Waals surface area contributed by atoms with Crippen molar-refractivity contribution in [1.29, 1.82) is 5.41 Å². The number of aromatic nitrogens is 5. The van der Waals surface area contributed by atoms with Gasteiger partial charge in [0.25, 0.3) is 17.9 Å². The molecular formula is C40H36ClF6N9O3S. The Kier molecular flexibility index (Phi) is 11.5. The minimum atomic E-state index is -3.59. The predicted octanol–water partition coefficient (Wildman–Crippen LogP) is 8.34. The minimum Gasteiger partial charge on any atom is -0.386 e. The van der Waals surface area contributed by atoms with Crippen molar-refractivity contribution < 1.29 is 35.7 Å². The first-order chi connectivity index (χ1) is 28.4. The molecule has 7 rings (SSSR count). The number of anilines is 1. The lowest BCUT2D eigenvalue weighted by Crippen LogP contribution is -2.38. The van der Waals surface area contributed by atoms with Gasteiger partial charge in [-0.3, -0.25) is 24.2 Å². The zero-order valence-electron chi connectivity index (χ0n) is 32.5. The van der Waals surface area contributed by atoms with Crippen LogP contribution in [0.15, 0.2) is 57.8 Å². The molecule has 0 saturated heterocycles. The van der Waals surface area contributed by atoms with Gasteiger partial charge in [-0.05, 0) is 67.8 Å². The average molecular weight is 872 g/mol. The van der Waals surface area contributed by atoms with Gasteiger partial charge in [-0.15, -0.1) is 0 Å². The predicted molar refractivity (Wildman–Crippen MR) is 215 cm³/mol. The number of aryl methyl sites for hydroxylation is 2. The van der Waals surface area contributed by atoms with Gasteiger partial charge in [0, 0.05) is 42.8 Å². The minimum absolute atomic E-state index is 0.0000711. The first kappa shape index (κ1) is 42.3. The largest absolute Gasteiger partial charge is 0.386 e. The van der Waals surface area contributed by atoms with E-state index in [2.05, 4.69) is 25.6 Å². The summed E-state index contributed by atoms with van der Waals surface area (Å²) in [5.41, 5.74) is -0.417. The van der Waals surface area contributed by atoms with Gasteiger partial charge in [0.15, 0.2) is 0 Å². The van der Waals surface area contributed by atoms with Crippen molar-refractivity contribution in [3.05, 3.63) is 121 Å². The summed E-state index contributed by atoms with van der Waals surface area (Å²) in [4.78, 5) is 33.9. The Balaban J connectivity index is 1.47. The molecule has 4 N–H and O–H groups in total. The number of amidine groups is 1. The Hall–Kier alpha value is -5.82. The molecule has 1 amide bonds. The fourth-order valence-corrected chi connectivity index (χ4v) is 8.28. The maximum Gasteiger partial charge on any atom is 0.292 e. The number of hydrogen-bond donors (Lipinski definition) is 4. The number of nitrogens with one attached hydrogen (secondary N) is 4. The van der Waals surface area contributed by atoms with Crippen LogP contribution in [0, 0.1) is 36.8 Å². The second-order valence-electron chi connectivity index (χ2n) is 14.3. The van der Waals surface area contributed by atoms with Crippen molar-refractivity contribution in [2.45, 2.75) is 58.5 Å². The van der Waals surface area contributed by atoms with E-state index in [1.807, 2.05) is 0 Å².